The molecule has 112 valence electrons. The van der Waals surface area contributed by atoms with Gasteiger partial charge in [0.25, 0.3) is 0 Å². The number of benzene rings is 1. The number of thiophene rings is 1. The topological polar surface area (TPSA) is 55.2 Å². The summed E-state index contributed by atoms with van der Waals surface area (Å²) in [6, 6.07) is 8.11. The van der Waals surface area contributed by atoms with Crippen LogP contribution < -0.4 is 5.32 Å². The van der Waals surface area contributed by atoms with Gasteiger partial charge in [0.05, 0.1) is 4.92 Å². The summed E-state index contributed by atoms with van der Waals surface area (Å²) in [6.07, 6.45) is 0. The Morgan fingerprint density at radius 2 is 2.14 bits per heavy atom. The second-order valence-electron chi connectivity index (χ2n) is 5.51. The highest BCUT2D eigenvalue weighted by Gasteiger charge is 2.21. The molecule has 0 bridgehead atoms. The molecule has 0 unspecified atom stereocenters. The van der Waals surface area contributed by atoms with Crippen molar-refractivity contribution in [1.82, 2.24) is 5.32 Å². The summed E-state index contributed by atoms with van der Waals surface area (Å²) in [6.45, 7) is 5.50. The molecule has 1 heterocycles. The van der Waals surface area contributed by atoms with Crippen molar-refractivity contribution < 1.29 is 9.31 Å². The molecule has 1 N–H and O–H groups in total. The fourth-order valence-electron chi connectivity index (χ4n) is 2.08. The van der Waals surface area contributed by atoms with Crippen LogP contribution in [0.3, 0.4) is 0 Å². The van der Waals surface area contributed by atoms with Gasteiger partial charge < -0.3 is 5.32 Å². The van der Waals surface area contributed by atoms with Crippen LogP contribution in [0.2, 0.25) is 0 Å². The lowest BCUT2D eigenvalue weighted by atomic mass is 9.91. The molecule has 0 saturated carbocycles. The molecule has 1 aromatic heterocycles. The minimum absolute atomic E-state index is 0.00646. The maximum absolute atomic E-state index is 13.5. The lowest BCUT2D eigenvalue weighted by molar-refractivity contribution is -0.387. The highest BCUT2D eigenvalue weighted by Crippen LogP contribution is 2.26. The average molecular weight is 308 g/mol. The third-order valence-corrected chi connectivity index (χ3v) is 4.53. The van der Waals surface area contributed by atoms with Crippen molar-refractivity contribution in [3.63, 3.8) is 0 Å². The van der Waals surface area contributed by atoms with E-state index in [1.54, 1.807) is 17.4 Å². The summed E-state index contributed by atoms with van der Waals surface area (Å²) in [4.78, 5) is 11.1. The van der Waals surface area contributed by atoms with Gasteiger partial charge in [0.15, 0.2) is 0 Å². The van der Waals surface area contributed by atoms with E-state index in [9.17, 15) is 14.5 Å². The maximum atomic E-state index is 13.5. The van der Waals surface area contributed by atoms with E-state index in [1.165, 1.54) is 17.0 Å². The van der Waals surface area contributed by atoms with Crippen molar-refractivity contribution in [2.24, 2.45) is 0 Å². The number of rotatable bonds is 6. The SMILES string of the molecule is CC(C)(CNCc1ccc([N+](=O)[O-])c(F)c1)c1cccs1. The molecule has 0 atom stereocenters. The van der Waals surface area contributed by atoms with E-state index in [1.807, 2.05) is 11.4 Å². The number of nitrogens with one attached hydrogen (secondary N) is 1. The Labute approximate surface area is 126 Å². The zero-order valence-corrected chi connectivity index (χ0v) is 12.7. The Kier molecular flexibility index (Phi) is 4.69. The Morgan fingerprint density at radius 1 is 1.38 bits per heavy atom. The molecule has 0 saturated heterocycles. The van der Waals surface area contributed by atoms with E-state index < -0.39 is 16.4 Å². The number of hydrogen-bond acceptors (Lipinski definition) is 4. The van der Waals surface area contributed by atoms with Crippen LogP contribution in [-0.2, 0) is 12.0 Å². The van der Waals surface area contributed by atoms with Crippen molar-refractivity contribution in [2.45, 2.75) is 25.8 Å². The van der Waals surface area contributed by atoms with E-state index in [0.717, 1.165) is 6.54 Å². The van der Waals surface area contributed by atoms with Gasteiger partial charge in [0.2, 0.25) is 5.82 Å². The van der Waals surface area contributed by atoms with Gasteiger partial charge in [-0.1, -0.05) is 26.0 Å². The highest BCUT2D eigenvalue weighted by atomic mass is 32.1. The Bertz CT molecular complexity index is 627. The standard InChI is InChI=1S/C15H17FN2O2S/c1-15(2,14-4-3-7-21-14)10-17-9-11-5-6-13(18(19)20)12(16)8-11/h3-8,17H,9-10H2,1-2H3. The summed E-state index contributed by atoms with van der Waals surface area (Å²) < 4.78 is 13.5. The second kappa shape index (κ2) is 6.32. The van der Waals surface area contributed by atoms with Gasteiger partial charge in [0, 0.05) is 29.4 Å². The third kappa shape index (κ3) is 3.86. The van der Waals surface area contributed by atoms with Gasteiger partial charge in [0.1, 0.15) is 0 Å². The molecule has 0 amide bonds. The largest absolute Gasteiger partial charge is 0.312 e. The molecule has 0 radical (unpaired) electrons. The Hall–Kier alpha value is -1.79. The number of nitro groups is 1. The monoisotopic (exact) mass is 308 g/mol. The fourth-order valence-corrected chi connectivity index (χ4v) is 2.93. The van der Waals surface area contributed by atoms with Gasteiger partial charge in [-0.25, -0.2) is 0 Å². The van der Waals surface area contributed by atoms with Gasteiger partial charge in [-0.05, 0) is 23.1 Å². The summed E-state index contributed by atoms with van der Waals surface area (Å²) in [5.74, 6) is -0.795. The zero-order chi connectivity index (χ0) is 15.5. The van der Waals surface area contributed by atoms with Crippen molar-refractivity contribution in [3.05, 3.63) is 62.1 Å². The number of nitrogens with zero attached hydrogens (tertiary/aromatic N) is 1. The quantitative estimate of drug-likeness (QED) is 0.651. The smallest absolute Gasteiger partial charge is 0.304 e. The van der Waals surface area contributed by atoms with Crippen LogP contribution in [0.4, 0.5) is 10.1 Å². The maximum Gasteiger partial charge on any atom is 0.304 e. The first-order valence-corrected chi connectivity index (χ1v) is 7.45. The molecule has 4 nitrogen and oxygen atoms in total. The first-order valence-electron chi connectivity index (χ1n) is 6.58. The van der Waals surface area contributed by atoms with Crippen LogP contribution in [0.15, 0.2) is 35.7 Å². The minimum atomic E-state index is -0.795. The fraction of sp³-hybridized carbons (Fsp3) is 0.333. The van der Waals surface area contributed by atoms with E-state index in [0.29, 0.717) is 12.1 Å². The Balaban J connectivity index is 1.95. The van der Waals surface area contributed by atoms with Crippen molar-refractivity contribution in [2.75, 3.05) is 6.54 Å². The molecule has 1 aromatic carbocycles. The van der Waals surface area contributed by atoms with Crippen LogP contribution in [0, 0.1) is 15.9 Å². The van der Waals surface area contributed by atoms with Crippen molar-refractivity contribution in [3.8, 4) is 0 Å². The van der Waals surface area contributed by atoms with Crippen LogP contribution in [-0.4, -0.2) is 11.5 Å². The molecule has 21 heavy (non-hydrogen) atoms. The predicted molar refractivity (Wildman–Crippen MR) is 82.1 cm³/mol. The molecular weight excluding hydrogens is 291 g/mol. The lowest BCUT2D eigenvalue weighted by Crippen LogP contribution is -2.31. The molecule has 0 aliphatic carbocycles. The lowest BCUT2D eigenvalue weighted by Gasteiger charge is -2.23. The van der Waals surface area contributed by atoms with E-state index in [2.05, 4.69) is 25.2 Å². The molecule has 0 aliphatic rings. The van der Waals surface area contributed by atoms with Crippen LogP contribution >= 0.6 is 11.3 Å². The predicted octanol–water partition coefficient (Wildman–Crippen LogP) is 3.86. The minimum Gasteiger partial charge on any atom is -0.312 e. The summed E-state index contributed by atoms with van der Waals surface area (Å²) in [5.41, 5.74) is 0.200. The zero-order valence-electron chi connectivity index (χ0n) is 11.9. The van der Waals surface area contributed by atoms with Gasteiger partial charge in [-0.3, -0.25) is 10.1 Å². The molecular formula is C15H17FN2O2S. The van der Waals surface area contributed by atoms with E-state index in [-0.39, 0.29) is 5.41 Å². The third-order valence-electron chi connectivity index (χ3n) is 3.29. The number of nitro benzene ring substituents is 1. The molecule has 0 spiro atoms. The number of halogens is 1. The van der Waals surface area contributed by atoms with Crippen LogP contribution in [0.5, 0.6) is 0 Å². The van der Waals surface area contributed by atoms with Gasteiger partial charge in [-0.15, -0.1) is 11.3 Å². The van der Waals surface area contributed by atoms with Crippen molar-refractivity contribution in [1.29, 1.82) is 0 Å². The second-order valence-corrected chi connectivity index (χ2v) is 6.46. The highest BCUT2D eigenvalue weighted by molar-refractivity contribution is 7.10. The molecule has 2 aromatic rings. The number of hydrogen-bond donors (Lipinski definition) is 1. The summed E-state index contributed by atoms with van der Waals surface area (Å²) >= 11 is 1.71. The van der Waals surface area contributed by atoms with Crippen LogP contribution in [0.25, 0.3) is 0 Å². The van der Waals surface area contributed by atoms with Gasteiger partial charge in [-0.2, -0.15) is 4.39 Å². The van der Waals surface area contributed by atoms with Crippen LogP contribution in [0.1, 0.15) is 24.3 Å². The van der Waals surface area contributed by atoms with Crippen molar-refractivity contribution >= 4 is 17.0 Å². The first-order chi connectivity index (χ1) is 9.90. The van der Waals surface area contributed by atoms with E-state index >= 15 is 0 Å². The molecule has 6 heteroatoms. The first kappa shape index (κ1) is 15.6. The Morgan fingerprint density at radius 3 is 2.71 bits per heavy atom. The normalized spacial score (nSPS) is 11.6. The average Bonchev–Trinajstić information content (AvgIpc) is 2.92. The van der Waals surface area contributed by atoms with Gasteiger partial charge >= 0.3 is 5.69 Å². The molecule has 2 rings (SSSR count). The molecule has 0 fully saturated rings. The molecule has 0 aliphatic heterocycles. The summed E-state index contributed by atoms with van der Waals surface area (Å²) in [7, 11) is 0. The van der Waals surface area contributed by atoms with E-state index in [4.69, 9.17) is 0 Å². The summed E-state index contributed by atoms with van der Waals surface area (Å²) in [5, 5.41) is 15.9.